The number of ether oxygens (including phenoxy) is 1. The molecule has 1 atom stereocenters. The number of rotatable bonds is 4. The number of carbonyl (C=O) groups excluding carboxylic acids is 1. The third-order valence-electron chi connectivity index (χ3n) is 2.57. The van der Waals surface area contributed by atoms with Crippen LogP contribution in [0.5, 0.6) is 0 Å². The molecule has 92 valence electrons. The number of amides is 1. The van der Waals surface area contributed by atoms with Gasteiger partial charge >= 0.3 is 5.97 Å². The van der Waals surface area contributed by atoms with E-state index in [1.54, 1.807) is 0 Å². The Morgan fingerprint density at radius 1 is 1.44 bits per heavy atom. The van der Waals surface area contributed by atoms with E-state index in [0.29, 0.717) is 32.8 Å². The van der Waals surface area contributed by atoms with Gasteiger partial charge in [-0.3, -0.25) is 9.69 Å². The van der Waals surface area contributed by atoms with Crippen LogP contribution in [0.4, 0.5) is 0 Å². The van der Waals surface area contributed by atoms with Crippen LogP contribution in [0.2, 0.25) is 0 Å². The minimum atomic E-state index is -1.23. The van der Waals surface area contributed by atoms with Crippen LogP contribution >= 0.6 is 0 Å². The Kier molecular flexibility index (Phi) is 4.26. The van der Waals surface area contributed by atoms with E-state index in [0.717, 1.165) is 0 Å². The second kappa shape index (κ2) is 5.27. The number of hydrogen-bond donors (Lipinski definition) is 2. The smallest absolute Gasteiger partial charge is 0.330 e. The highest BCUT2D eigenvalue weighted by Crippen LogP contribution is 2.09. The first-order valence-corrected chi connectivity index (χ1v) is 5.26. The Balaban J connectivity index is 2.62. The molecule has 0 saturated carbocycles. The third-order valence-corrected chi connectivity index (χ3v) is 2.57. The van der Waals surface area contributed by atoms with Gasteiger partial charge in [0.15, 0.2) is 0 Å². The molecule has 1 rings (SSSR count). The van der Waals surface area contributed by atoms with Gasteiger partial charge in [0.2, 0.25) is 5.91 Å². The topological polar surface area (TPSA) is 78.9 Å². The number of nitrogens with zero attached hydrogens (tertiary/aromatic N) is 1. The normalized spacial score (nSPS) is 21.1. The lowest BCUT2D eigenvalue weighted by Gasteiger charge is -2.34. The molecule has 1 aliphatic rings. The van der Waals surface area contributed by atoms with Crippen LogP contribution in [0.15, 0.2) is 0 Å². The molecule has 0 aliphatic carbocycles. The standard InChI is InChI=1S/C10H18N2O4/c1-8(13)11-10(2,9(14)15)7-12-3-5-16-6-4-12/h3-7H2,1-2H3,(H,11,13)(H,14,15). The van der Waals surface area contributed by atoms with Crippen LogP contribution in [0.3, 0.4) is 0 Å². The number of nitrogens with one attached hydrogen (secondary N) is 1. The number of morpholine rings is 1. The van der Waals surface area contributed by atoms with Crippen LogP contribution in [0.1, 0.15) is 13.8 Å². The average Bonchev–Trinajstić information content (AvgIpc) is 2.17. The maximum Gasteiger partial charge on any atom is 0.330 e. The second-order valence-electron chi connectivity index (χ2n) is 4.21. The van der Waals surface area contributed by atoms with Crippen LogP contribution in [-0.4, -0.2) is 60.3 Å². The zero-order valence-corrected chi connectivity index (χ0v) is 9.65. The molecule has 0 aromatic heterocycles. The summed E-state index contributed by atoms with van der Waals surface area (Å²) in [6.07, 6.45) is 0. The highest BCUT2D eigenvalue weighted by molar-refractivity contribution is 5.85. The first-order valence-electron chi connectivity index (χ1n) is 5.26. The van der Waals surface area contributed by atoms with Crippen molar-refractivity contribution in [3.8, 4) is 0 Å². The van der Waals surface area contributed by atoms with Gasteiger partial charge in [-0.25, -0.2) is 4.79 Å². The van der Waals surface area contributed by atoms with Gasteiger partial charge in [-0.1, -0.05) is 0 Å². The fourth-order valence-electron chi connectivity index (χ4n) is 1.76. The van der Waals surface area contributed by atoms with Crippen LogP contribution < -0.4 is 5.32 Å². The predicted octanol–water partition coefficient (Wildman–Crippen LogP) is -0.702. The van der Waals surface area contributed by atoms with Gasteiger partial charge in [-0.15, -0.1) is 0 Å². The molecule has 1 amide bonds. The van der Waals surface area contributed by atoms with Crippen molar-refractivity contribution < 1.29 is 19.4 Å². The van der Waals surface area contributed by atoms with Crippen molar-refractivity contribution in [2.75, 3.05) is 32.8 Å². The monoisotopic (exact) mass is 230 g/mol. The highest BCUT2D eigenvalue weighted by Gasteiger charge is 2.36. The van der Waals surface area contributed by atoms with Crippen molar-refractivity contribution in [1.29, 1.82) is 0 Å². The summed E-state index contributed by atoms with van der Waals surface area (Å²) >= 11 is 0. The van der Waals surface area contributed by atoms with E-state index in [9.17, 15) is 9.59 Å². The first kappa shape index (κ1) is 12.9. The number of carboxylic acids is 1. The summed E-state index contributed by atoms with van der Waals surface area (Å²) in [7, 11) is 0. The molecule has 1 saturated heterocycles. The molecule has 0 aromatic rings. The SMILES string of the molecule is CC(=O)NC(C)(CN1CCOCC1)C(=O)O. The Morgan fingerprint density at radius 2 is 2.00 bits per heavy atom. The van der Waals surface area contributed by atoms with Crippen molar-refractivity contribution in [2.45, 2.75) is 19.4 Å². The molecule has 2 N–H and O–H groups in total. The van der Waals surface area contributed by atoms with Crippen molar-refractivity contribution in [3.05, 3.63) is 0 Å². The molecule has 1 heterocycles. The maximum absolute atomic E-state index is 11.2. The second-order valence-corrected chi connectivity index (χ2v) is 4.21. The Hall–Kier alpha value is -1.14. The molecule has 1 aliphatic heterocycles. The molecule has 16 heavy (non-hydrogen) atoms. The van der Waals surface area contributed by atoms with Gasteiger partial charge in [0.25, 0.3) is 0 Å². The van der Waals surface area contributed by atoms with E-state index in [-0.39, 0.29) is 5.91 Å². The summed E-state index contributed by atoms with van der Waals surface area (Å²) in [6.45, 7) is 5.74. The Labute approximate surface area is 94.6 Å². The molecule has 0 spiro atoms. The fourth-order valence-corrected chi connectivity index (χ4v) is 1.76. The summed E-state index contributed by atoms with van der Waals surface area (Å²) in [5.41, 5.74) is -1.23. The quantitative estimate of drug-likeness (QED) is 0.667. The van der Waals surface area contributed by atoms with Gasteiger partial charge in [-0.2, -0.15) is 0 Å². The molecular weight excluding hydrogens is 212 g/mol. The molecule has 1 unspecified atom stereocenters. The zero-order valence-electron chi connectivity index (χ0n) is 9.65. The predicted molar refractivity (Wildman–Crippen MR) is 57.1 cm³/mol. The lowest BCUT2D eigenvalue weighted by atomic mass is 10.0. The van der Waals surface area contributed by atoms with E-state index in [4.69, 9.17) is 9.84 Å². The van der Waals surface area contributed by atoms with Crippen LogP contribution in [0, 0.1) is 0 Å². The molecule has 0 bridgehead atoms. The van der Waals surface area contributed by atoms with Crippen LogP contribution in [-0.2, 0) is 14.3 Å². The highest BCUT2D eigenvalue weighted by atomic mass is 16.5. The maximum atomic E-state index is 11.2. The number of hydrogen-bond acceptors (Lipinski definition) is 4. The fraction of sp³-hybridized carbons (Fsp3) is 0.800. The van der Waals surface area contributed by atoms with Crippen molar-refractivity contribution in [3.63, 3.8) is 0 Å². The molecule has 1 fully saturated rings. The van der Waals surface area contributed by atoms with Crippen molar-refractivity contribution in [1.82, 2.24) is 10.2 Å². The summed E-state index contributed by atoms with van der Waals surface area (Å²) in [4.78, 5) is 24.1. The zero-order chi connectivity index (χ0) is 12.2. The van der Waals surface area contributed by atoms with E-state index >= 15 is 0 Å². The molecule has 0 radical (unpaired) electrons. The van der Waals surface area contributed by atoms with E-state index < -0.39 is 11.5 Å². The molecular formula is C10H18N2O4. The minimum absolute atomic E-state index is 0.297. The third kappa shape index (κ3) is 3.46. The summed E-state index contributed by atoms with van der Waals surface area (Å²) in [6, 6.07) is 0. The first-order chi connectivity index (χ1) is 7.44. The van der Waals surface area contributed by atoms with E-state index in [1.165, 1.54) is 13.8 Å². The number of carbonyl (C=O) groups is 2. The summed E-state index contributed by atoms with van der Waals surface area (Å²) in [5.74, 6) is -1.35. The van der Waals surface area contributed by atoms with E-state index in [1.807, 2.05) is 4.90 Å². The number of aliphatic carboxylic acids is 1. The molecule has 0 aromatic carbocycles. The summed E-state index contributed by atoms with van der Waals surface area (Å²) in [5, 5.41) is 11.6. The Bertz CT molecular complexity index is 276. The lowest BCUT2D eigenvalue weighted by molar-refractivity contribution is -0.148. The average molecular weight is 230 g/mol. The van der Waals surface area contributed by atoms with Crippen LogP contribution in [0.25, 0.3) is 0 Å². The Morgan fingerprint density at radius 3 is 2.44 bits per heavy atom. The van der Waals surface area contributed by atoms with Crippen molar-refractivity contribution in [2.24, 2.45) is 0 Å². The van der Waals surface area contributed by atoms with E-state index in [2.05, 4.69) is 5.32 Å². The lowest BCUT2D eigenvalue weighted by Crippen LogP contribution is -2.59. The largest absolute Gasteiger partial charge is 0.479 e. The van der Waals surface area contributed by atoms with Crippen molar-refractivity contribution >= 4 is 11.9 Å². The van der Waals surface area contributed by atoms with Gasteiger partial charge in [-0.05, 0) is 6.92 Å². The van der Waals surface area contributed by atoms with Gasteiger partial charge in [0.1, 0.15) is 5.54 Å². The van der Waals surface area contributed by atoms with Gasteiger partial charge in [0, 0.05) is 26.6 Å². The summed E-state index contributed by atoms with van der Waals surface area (Å²) < 4.78 is 5.18. The minimum Gasteiger partial charge on any atom is -0.479 e. The molecule has 6 heteroatoms. The molecule has 6 nitrogen and oxygen atoms in total. The number of carboxylic acid groups (broad SMARTS) is 1. The van der Waals surface area contributed by atoms with Gasteiger partial charge in [0.05, 0.1) is 13.2 Å². The van der Waals surface area contributed by atoms with Gasteiger partial charge < -0.3 is 15.2 Å².